The molecule has 0 aromatic heterocycles. The molecule has 106 valence electrons. The fraction of sp³-hybridized carbons (Fsp3) is 0.600. The average Bonchev–Trinajstić information content (AvgIpc) is 2.94. The first kappa shape index (κ1) is 14.4. The molecule has 4 heteroatoms. The molecular formula is C15H20F3N. The Morgan fingerprint density at radius 2 is 2.00 bits per heavy atom. The van der Waals surface area contributed by atoms with E-state index in [4.69, 9.17) is 0 Å². The smallest absolute Gasteiger partial charge is 0.310 e. The lowest BCUT2D eigenvalue weighted by Crippen LogP contribution is -2.24. The zero-order valence-corrected chi connectivity index (χ0v) is 11.5. The maximum Gasteiger partial charge on any atom is 0.416 e. The number of hydrogen-bond acceptors (Lipinski definition) is 1. The van der Waals surface area contributed by atoms with Crippen LogP contribution in [0.2, 0.25) is 0 Å². The summed E-state index contributed by atoms with van der Waals surface area (Å²) in [6, 6.07) is 5.71. The Bertz CT molecular complexity index is 451. The van der Waals surface area contributed by atoms with E-state index in [1.807, 2.05) is 6.92 Å². The lowest BCUT2D eigenvalue weighted by molar-refractivity contribution is -0.137. The Morgan fingerprint density at radius 1 is 1.37 bits per heavy atom. The number of rotatable bonds is 4. The van der Waals surface area contributed by atoms with Gasteiger partial charge < -0.3 is 5.32 Å². The summed E-state index contributed by atoms with van der Waals surface area (Å²) in [6.45, 7) is 7.06. The Hall–Kier alpha value is -1.03. The summed E-state index contributed by atoms with van der Waals surface area (Å²) >= 11 is 0. The minimum Gasteiger partial charge on any atom is -0.310 e. The van der Waals surface area contributed by atoms with Crippen LogP contribution in [0, 0.1) is 11.3 Å². The van der Waals surface area contributed by atoms with Gasteiger partial charge in [0.15, 0.2) is 0 Å². The van der Waals surface area contributed by atoms with E-state index >= 15 is 0 Å². The van der Waals surface area contributed by atoms with Gasteiger partial charge in [0.05, 0.1) is 5.56 Å². The van der Waals surface area contributed by atoms with Crippen LogP contribution in [0.25, 0.3) is 0 Å². The molecule has 0 amide bonds. The quantitative estimate of drug-likeness (QED) is 0.855. The summed E-state index contributed by atoms with van der Waals surface area (Å²) in [5, 5.41) is 3.33. The van der Waals surface area contributed by atoms with Gasteiger partial charge in [0.2, 0.25) is 0 Å². The lowest BCUT2D eigenvalue weighted by Gasteiger charge is -2.21. The molecule has 1 aromatic rings. The van der Waals surface area contributed by atoms with Crippen LogP contribution in [-0.2, 0) is 6.18 Å². The van der Waals surface area contributed by atoms with Gasteiger partial charge in [-0.25, -0.2) is 0 Å². The second-order valence-corrected chi connectivity index (χ2v) is 5.96. The van der Waals surface area contributed by atoms with Gasteiger partial charge in [-0.15, -0.1) is 0 Å². The normalized spacial score (nSPS) is 23.2. The molecule has 1 aromatic carbocycles. The van der Waals surface area contributed by atoms with Crippen molar-refractivity contribution in [1.82, 2.24) is 5.32 Å². The van der Waals surface area contributed by atoms with E-state index in [0.29, 0.717) is 5.92 Å². The van der Waals surface area contributed by atoms with Crippen LogP contribution in [0.1, 0.15) is 44.4 Å². The summed E-state index contributed by atoms with van der Waals surface area (Å²) in [6.07, 6.45) is -3.22. The standard InChI is InChI=1S/C15H20F3N/c1-4-19-13(12-9-14(12,2)3)10-6-5-7-11(8-10)15(16,17)18/h5-8,12-13,19H,4,9H2,1-3H3. The van der Waals surface area contributed by atoms with Crippen molar-refractivity contribution in [2.75, 3.05) is 6.54 Å². The molecule has 1 N–H and O–H groups in total. The summed E-state index contributed by atoms with van der Waals surface area (Å²) in [7, 11) is 0. The molecule has 0 saturated heterocycles. The highest BCUT2D eigenvalue weighted by Gasteiger charge is 2.50. The van der Waals surface area contributed by atoms with Crippen LogP contribution in [0.15, 0.2) is 24.3 Å². The summed E-state index contributed by atoms with van der Waals surface area (Å²) in [4.78, 5) is 0. The number of alkyl halides is 3. The molecule has 2 rings (SSSR count). The first-order valence-electron chi connectivity index (χ1n) is 6.66. The Kier molecular flexibility index (Phi) is 3.65. The molecule has 2 unspecified atom stereocenters. The van der Waals surface area contributed by atoms with Gasteiger partial charge in [0.25, 0.3) is 0 Å². The zero-order valence-electron chi connectivity index (χ0n) is 11.5. The fourth-order valence-corrected chi connectivity index (χ4v) is 2.70. The third-order valence-corrected chi connectivity index (χ3v) is 3.99. The molecule has 1 fully saturated rings. The first-order chi connectivity index (χ1) is 8.75. The van der Waals surface area contributed by atoms with E-state index in [2.05, 4.69) is 19.2 Å². The van der Waals surface area contributed by atoms with E-state index in [1.54, 1.807) is 6.07 Å². The third kappa shape index (κ3) is 3.11. The van der Waals surface area contributed by atoms with Crippen LogP contribution < -0.4 is 5.32 Å². The van der Waals surface area contributed by atoms with Crippen LogP contribution in [-0.4, -0.2) is 6.54 Å². The molecular weight excluding hydrogens is 251 g/mol. The van der Waals surface area contributed by atoms with Gasteiger partial charge in [-0.1, -0.05) is 32.9 Å². The van der Waals surface area contributed by atoms with Crippen LogP contribution in [0.3, 0.4) is 0 Å². The minimum atomic E-state index is -4.27. The molecule has 0 aliphatic heterocycles. The van der Waals surface area contributed by atoms with Crippen molar-refractivity contribution in [3.63, 3.8) is 0 Å². The largest absolute Gasteiger partial charge is 0.416 e. The van der Waals surface area contributed by atoms with E-state index in [1.165, 1.54) is 12.1 Å². The maximum atomic E-state index is 12.8. The van der Waals surface area contributed by atoms with E-state index in [-0.39, 0.29) is 11.5 Å². The van der Waals surface area contributed by atoms with Crippen LogP contribution in [0.4, 0.5) is 13.2 Å². The topological polar surface area (TPSA) is 12.0 Å². The van der Waals surface area contributed by atoms with Crippen molar-refractivity contribution in [2.45, 2.75) is 39.4 Å². The Morgan fingerprint density at radius 3 is 2.47 bits per heavy atom. The average molecular weight is 271 g/mol. The molecule has 0 spiro atoms. The molecule has 0 bridgehead atoms. The lowest BCUT2D eigenvalue weighted by atomic mass is 9.95. The second kappa shape index (κ2) is 4.82. The third-order valence-electron chi connectivity index (χ3n) is 3.99. The van der Waals surface area contributed by atoms with E-state index in [9.17, 15) is 13.2 Å². The second-order valence-electron chi connectivity index (χ2n) is 5.96. The fourth-order valence-electron chi connectivity index (χ4n) is 2.70. The molecule has 2 atom stereocenters. The summed E-state index contributed by atoms with van der Waals surface area (Å²) in [5.41, 5.74) is 0.403. The zero-order chi connectivity index (χ0) is 14.3. The monoisotopic (exact) mass is 271 g/mol. The van der Waals surface area contributed by atoms with Gasteiger partial charge in [0.1, 0.15) is 0 Å². The number of hydrogen-bond donors (Lipinski definition) is 1. The first-order valence-corrected chi connectivity index (χ1v) is 6.66. The van der Waals surface area contributed by atoms with Crippen molar-refractivity contribution in [3.05, 3.63) is 35.4 Å². The molecule has 1 aliphatic carbocycles. The Balaban J connectivity index is 2.28. The summed E-state index contributed by atoms with van der Waals surface area (Å²) in [5.74, 6) is 0.413. The highest BCUT2D eigenvalue weighted by atomic mass is 19.4. The molecule has 19 heavy (non-hydrogen) atoms. The van der Waals surface area contributed by atoms with Crippen molar-refractivity contribution in [2.24, 2.45) is 11.3 Å². The van der Waals surface area contributed by atoms with E-state index < -0.39 is 11.7 Å². The van der Waals surface area contributed by atoms with Crippen molar-refractivity contribution in [3.8, 4) is 0 Å². The SMILES string of the molecule is CCNC(c1cccc(C(F)(F)F)c1)C1CC1(C)C. The number of nitrogens with one attached hydrogen (secondary N) is 1. The van der Waals surface area contributed by atoms with E-state index in [0.717, 1.165) is 24.6 Å². The van der Waals surface area contributed by atoms with Crippen molar-refractivity contribution >= 4 is 0 Å². The van der Waals surface area contributed by atoms with Gasteiger partial charge >= 0.3 is 6.18 Å². The van der Waals surface area contributed by atoms with Gasteiger partial charge in [0, 0.05) is 6.04 Å². The molecule has 1 nitrogen and oxygen atoms in total. The highest BCUT2D eigenvalue weighted by molar-refractivity contribution is 5.30. The number of halogens is 3. The molecule has 0 radical (unpaired) electrons. The highest BCUT2D eigenvalue weighted by Crippen LogP contribution is 2.57. The van der Waals surface area contributed by atoms with Crippen molar-refractivity contribution < 1.29 is 13.2 Å². The molecule has 1 saturated carbocycles. The minimum absolute atomic E-state index is 0.0160. The van der Waals surface area contributed by atoms with Gasteiger partial charge in [-0.05, 0) is 42.0 Å². The molecule has 1 aliphatic rings. The predicted molar refractivity (Wildman–Crippen MR) is 69.7 cm³/mol. The Labute approximate surface area is 112 Å². The molecule has 0 heterocycles. The number of benzene rings is 1. The van der Waals surface area contributed by atoms with Gasteiger partial charge in [-0.3, -0.25) is 0 Å². The van der Waals surface area contributed by atoms with Gasteiger partial charge in [-0.2, -0.15) is 13.2 Å². The summed E-state index contributed by atoms with van der Waals surface area (Å²) < 4.78 is 38.3. The predicted octanol–water partition coefficient (Wildman–Crippen LogP) is 4.40. The van der Waals surface area contributed by atoms with Crippen molar-refractivity contribution in [1.29, 1.82) is 0 Å². The van der Waals surface area contributed by atoms with Crippen LogP contribution >= 0.6 is 0 Å². The van der Waals surface area contributed by atoms with Crippen LogP contribution in [0.5, 0.6) is 0 Å². The maximum absolute atomic E-state index is 12.8.